The van der Waals surface area contributed by atoms with Gasteiger partial charge >= 0.3 is 0 Å². The van der Waals surface area contributed by atoms with Crippen LogP contribution in [-0.2, 0) is 16.6 Å². The van der Waals surface area contributed by atoms with Crippen molar-refractivity contribution in [2.75, 3.05) is 0 Å². The topological polar surface area (TPSA) is 40.5 Å². The number of hydrogen-bond acceptors (Lipinski definition) is 2. The average Bonchev–Trinajstić information content (AvgIpc) is 2.33. The normalized spacial score (nSPS) is 13.7. The van der Waals surface area contributed by atoms with E-state index in [1.54, 1.807) is 27.7 Å². The van der Waals surface area contributed by atoms with E-state index in [1.165, 1.54) is 5.56 Å². The van der Waals surface area contributed by atoms with Crippen LogP contribution >= 0.6 is 0 Å². The van der Waals surface area contributed by atoms with Crippen molar-refractivity contribution in [2.45, 2.75) is 65.1 Å². The molecule has 0 saturated heterocycles. The Morgan fingerprint density at radius 1 is 0.636 bits per heavy atom. The second kappa shape index (κ2) is 5.07. The van der Waals surface area contributed by atoms with Crippen LogP contribution in [0.15, 0.2) is 30.3 Å². The minimum Gasteiger partial charge on any atom is -0.386 e. The Morgan fingerprint density at radius 2 is 1.18 bits per heavy atom. The van der Waals surface area contributed by atoms with Gasteiger partial charge in [-0.1, -0.05) is 45.0 Å². The van der Waals surface area contributed by atoms with Gasteiger partial charge in [0.1, 0.15) is 0 Å². The maximum atomic E-state index is 10.5. The maximum Gasteiger partial charge on any atom is 0.0846 e. The molecule has 0 spiro atoms. The minimum absolute atomic E-state index is 0.0205. The van der Waals surface area contributed by atoms with Crippen LogP contribution in [-0.4, -0.2) is 10.2 Å². The molecule has 2 heteroatoms. The molecule has 0 amide bonds. The summed E-state index contributed by atoms with van der Waals surface area (Å²) >= 11 is 0. The van der Waals surface area contributed by atoms with E-state index in [0.717, 1.165) is 21.9 Å². The second-order valence-electron chi connectivity index (χ2n) is 8.29. The quantitative estimate of drug-likeness (QED) is 0.851. The van der Waals surface area contributed by atoms with Crippen LogP contribution in [0.4, 0.5) is 0 Å². The molecule has 2 aromatic carbocycles. The van der Waals surface area contributed by atoms with E-state index in [4.69, 9.17) is 0 Å². The van der Waals surface area contributed by atoms with E-state index in [1.807, 2.05) is 18.2 Å². The van der Waals surface area contributed by atoms with Crippen molar-refractivity contribution in [2.24, 2.45) is 0 Å². The third-order valence-corrected chi connectivity index (χ3v) is 4.19. The van der Waals surface area contributed by atoms with Gasteiger partial charge < -0.3 is 10.2 Å². The Morgan fingerprint density at radius 3 is 1.64 bits per heavy atom. The SMILES string of the molecule is CC(C)(C)c1ccc(C(C)(C)O)c2cc(C(C)(C)O)ccc12. The van der Waals surface area contributed by atoms with Gasteiger partial charge in [-0.05, 0) is 66.6 Å². The first-order valence-electron chi connectivity index (χ1n) is 7.85. The fourth-order valence-electron chi connectivity index (χ4n) is 2.92. The first kappa shape index (κ1) is 17.0. The third kappa shape index (κ3) is 3.18. The molecule has 2 aromatic rings. The first-order chi connectivity index (χ1) is 9.82. The molecule has 2 nitrogen and oxygen atoms in total. The highest BCUT2D eigenvalue weighted by Crippen LogP contribution is 2.37. The van der Waals surface area contributed by atoms with Crippen LogP contribution in [0.25, 0.3) is 10.8 Å². The molecule has 0 unspecified atom stereocenters. The highest BCUT2D eigenvalue weighted by Gasteiger charge is 2.25. The molecule has 0 bridgehead atoms. The van der Waals surface area contributed by atoms with Crippen molar-refractivity contribution in [3.8, 4) is 0 Å². The number of rotatable bonds is 2. The van der Waals surface area contributed by atoms with Gasteiger partial charge in [0.25, 0.3) is 0 Å². The van der Waals surface area contributed by atoms with Gasteiger partial charge in [0.15, 0.2) is 0 Å². The van der Waals surface area contributed by atoms with Crippen LogP contribution in [0.5, 0.6) is 0 Å². The largest absolute Gasteiger partial charge is 0.386 e. The smallest absolute Gasteiger partial charge is 0.0846 e. The van der Waals surface area contributed by atoms with Crippen molar-refractivity contribution >= 4 is 10.8 Å². The van der Waals surface area contributed by atoms with Crippen molar-refractivity contribution in [3.05, 3.63) is 47.0 Å². The zero-order chi connectivity index (χ0) is 16.9. The van der Waals surface area contributed by atoms with E-state index < -0.39 is 11.2 Å². The Kier molecular flexibility index (Phi) is 3.92. The summed E-state index contributed by atoms with van der Waals surface area (Å²) in [7, 11) is 0. The number of benzene rings is 2. The summed E-state index contributed by atoms with van der Waals surface area (Å²) in [5.74, 6) is 0. The summed E-state index contributed by atoms with van der Waals surface area (Å²) in [6.45, 7) is 13.7. The number of hydrogen-bond donors (Lipinski definition) is 2. The van der Waals surface area contributed by atoms with Crippen molar-refractivity contribution < 1.29 is 10.2 Å². The zero-order valence-electron chi connectivity index (χ0n) is 14.8. The second-order valence-corrected chi connectivity index (χ2v) is 8.29. The predicted molar refractivity (Wildman–Crippen MR) is 93.1 cm³/mol. The van der Waals surface area contributed by atoms with Gasteiger partial charge in [-0.2, -0.15) is 0 Å². The van der Waals surface area contributed by atoms with E-state index in [9.17, 15) is 10.2 Å². The lowest BCUT2D eigenvalue weighted by molar-refractivity contribution is 0.0772. The molecule has 22 heavy (non-hydrogen) atoms. The summed E-state index contributed by atoms with van der Waals surface area (Å²) < 4.78 is 0. The zero-order valence-corrected chi connectivity index (χ0v) is 14.8. The van der Waals surface area contributed by atoms with Crippen LogP contribution < -0.4 is 0 Å². The minimum atomic E-state index is -0.924. The molecule has 0 aliphatic carbocycles. The highest BCUT2D eigenvalue weighted by molar-refractivity contribution is 5.91. The number of fused-ring (bicyclic) bond motifs is 1. The molecule has 0 atom stereocenters. The van der Waals surface area contributed by atoms with Crippen LogP contribution in [0.1, 0.15) is 65.2 Å². The highest BCUT2D eigenvalue weighted by atomic mass is 16.3. The average molecular weight is 300 g/mol. The van der Waals surface area contributed by atoms with Gasteiger partial charge in [-0.3, -0.25) is 0 Å². The first-order valence-corrected chi connectivity index (χ1v) is 7.85. The van der Waals surface area contributed by atoms with Gasteiger partial charge in [0.05, 0.1) is 11.2 Å². The van der Waals surface area contributed by atoms with Crippen molar-refractivity contribution in [1.82, 2.24) is 0 Å². The Labute approximate surface area is 133 Å². The standard InChI is InChI=1S/C20H28O2/c1-18(2,3)16-10-11-17(20(6,7)22)15-12-13(19(4,5)21)8-9-14(15)16/h8-12,21-22H,1-7H3. The molecular formula is C20H28O2. The maximum absolute atomic E-state index is 10.5. The van der Waals surface area contributed by atoms with Crippen LogP contribution in [0.2, 0.25) is 0 Å². The molecule has 2 rings (SSSR count). The van der Waals surface area contributed by atoms with Gasteiger partial charge in [0, 0.05) is 0 Å². The molecule has 0 radical (unpaired) electrons. The van der Waals surface area contributed by atoms with E-state index in [0.29, 0.717) is 0 Å². The van der Waals surface area contributed by atoms with Crippen LogP contribution in [0, 0.1) is 0 Å². The Bertz CT molecular complexity index is 692. The van der Waals surface area contributed by atoms with E-state index in [2.05, 4.69) is 32.9 Å². The molecule has 2 N–H and O–H groups in total. The Balaban J connectivity index is 2.89. The molecule has 0 aromatic heterocycles. The van der Waals surface area contributed by atoms with Crippen molar-refractivity contribution in [1.29, 1.82) is 0 Å². The van der Waals surface area contributed by atoms with Gasteiger partial charge in [0.2, 0.25) is 0 Å². The lowest BCUT2D eigenvalue weighted by Gasteiger charge is -2.27. The van der Waals surface area contributed by atoms with Crippen LogP contribution in [0.3, 0.4) is 0 Å². The third-order valence-electron chi connectivity index (χ3n) is 4.19. The molecule has 0 saturated carbocycles. The Hall–Kier alpha value is -1.38. The lowest BCUT2D eigenvalue weighted by Crippen LogP contribution is -2.20. The summed E-state index contributed by atoms with van der Waals surface area (Å²) in [4.78, 5) is 0. The molecule has 0 heterocycles. The van der Waals surface area contributed by atoms with Gasteiger partial charge in [-0.15, -0.1) is 0 Å². The van der Waals surface area contributed by atoms with Gasteiger partial charge in [-0.25, -0.2) is 0 Å². The molecule has 0 aliphatic rings. The molecular weight excluding hydrogens is 272 g/mol. The summed E-state index contributed by atoms with van der Waals surface area (Å²) in [6, 6.07) is 10.2. The lowest BCUT2D eigenvalue weighted by atomic mass is 9.79. The van der Waals surface area contributed by atoms with E-state index in [-0.39, 0.29) is 5.41 Å². The molecule has 0 aliphatic heterocycles. The predicted octanol–water partition coefficient (Wildman–Crippen LogP) is 4.59. The monoisotopic (exact) mass is 300 g/mol. The molecule has 120 valence electrons. The van der Waals surface area contributed by atoms with Crippen molar-refractivity contribution in [3.63, 3.8) is 0 Å². The molecule has 0 fully saturated rings. The summed E-state index contributed by atoms with van der Waals surface area (Å²) in [6.07, 6.45) is 0. The summed E-state index contributed by atoms with van der Waals surface area (Å²) in [5, 5.41) is 23.0. The fourth-order valence-corrected chi connectivity index (χ4v) is 2.92. The number of aliphatic hydroxyl groups is 2. The summed E-state index contributed by atoms with van der Waals surface area (Å²) in [5.41, 5.74) is 1.19. The fraction of sp³-hybridized carbons (Fsp3) is 0.500. The van der Waals surface area contributed by atoms with E-state index >= 15 is 0 Å².